The fraction of sp³-hybridized carbons (Fsp3) is 0.538. The van der Waals surface area contributed by atoms with Gasteiger partial charge in [0.05, 0.1) is 6.10 Å². The lowest BCUT2D eigenvalue weighted by atomic mass is 10.1. The second kappa shape index (κ2) is 5.17. The third kappa shape index (κ3) is 2.76. The highest BCUT2D eigenvalue weighted by atomic mass is 35.5. The number of rotatable bonds is 3. The maximum Gasteiger partial charge on any atom is 0.0695 e. The molecular weight excluding hydrogens is 222 g/mol. The number of hydrogen-bond donors (Lipinski definition) is 1. The van der Waals surface area contributed by atoms with Gasteiger partial charge in [0, 0.05) is 17.6 Å². The zero-order valence-electron chi connectivity index (χ0n) is 9.56. The van der Waals surface area contributed by atoms with Gasteiger partial charge in [-0.1, -0.05) is 23.7 Å². The molecule has 0 amide bonds. The van der Waals surface area contributed by atoms with Crippen LogP contribution >= 0.6 is 11.6 Å². The van der Waals surface area contributed by atoms with E-state index in [0.29, 0.717) is 6.04 Å². The van der Waals surface area contributed by atoms with Crippen LogP contribution in [0.1, 0.15) is 24.8 Å². The molecule has 16 heavy (non-hydrogen) atoms. The molecule has 88 valence electrons. The third-order valence-electron chi connectivity index (χ3n) is 3.36. The van der Waals surface area contributed by atoms with E-state index < -0.39 is 0 Å². The molecule has 3 heteroatoms. The van der Waals surface area contributed by atoms with Gasteiger partial charge in [-0.15, -0.1) is 0 Å². The molecule has 2 rings (SSSR count). The number of nitrogens with zero attached hydrogens (tertiary/aromatic N) is 1. The largest absolute Gasteiger partial charge is 0.391 e. The summed E-state index contributed by atoms with van der Waals surface area (Å²) in [7, 11) is 2.08. The second-order valence-corrected chi connectivity index (χ2v) is 5.04. The average Bonchev–Trinajstić information content (AvgIpc) is 2.68. The Labute approximate surface area is 102 Å². The number of benzene rings is 1. The van der Waals surface area contributed by atoms with Gasteiger partial charge >= 0.3 is 0 Å². The maximum absolute atomic E-state index is 9.82. The Balaban J connectivity index is 1.96. The minimum Gasteiger partial charge on any atom is -0.391 e. The number of aliphatic hydroxyl groups excluding tert-OH is 1. The molecule has 2 atom stereocenters. The lowest BCUT2D eigenvalue weighted by molar-refractivity contribution is 0.0825. The first kappa shape index (κ1) is 11.9. The number of aliphatic hydroxyl groups is 1. The molecule has 0 aliphatic heterocycles. The van der Waals surface area contributed by atoms with E-state index in [2.05, 4.69) is 11.9 Å². The summed E-state index contributed by atoms with van der Waals surface area (Å²) >= 11 is 5.84. The summed E-state index contributed by atoms with van der Waals surface area (Å²) in [4.78, 5) is 2.24. The van der Waals surface area contributed by atoms with E-state index in [9.17, 15) is 5.11 Å². The minimum atomic E-state index is -0.155. The number of hydrogen-bond acceptors (Lipinski definition) is 2. The van der Waals surface area contributed by atoms with E-state index >= 15 is 0 Å². The van der Waals surface area contributed by atoms with E-state index in [0.717, 1.165) is 30.8 Å². The quantitative estimate of drug-likeness (QED) is 0.877. The molecule has 0 heterocycles. The molecule has 1 fully saturated rings. The van der Waals surface area contributed by atoms with Crippen LogP contribution in [0.5, 0.6) is 0 Å². The molecule has 0 unspecified atom stereocenters. The summed E-state index contributed by atoms with van der Waals surface area (Å²) in [6, 6.07) is 8.22. The molecule has 0 saturated heterocycles. The molecule has 1 aliphatic carbocycles. The van der Waals surface area contributed by atoms with Crippen molar-refractivity contribution < 1.29 is 5.11 Å². The predicted octanol–water partition coefficient (Wildman–Crippen LogP) is 2.69. The van der Waals surface area contributed by atoms with Crippen molar-refractivity contribution in [1.29, 1.82) is 0 Å². The van der Waals surface area contributed by atoms with Crippen molar-refractivity contribution in [3.63, 3.8) is 0 Å². The summed E-state index contributed by atoms with van der Waals surface area (Å²) in [5.41, 5.74) is 1.24. The van der Waals surface area contributed by atoms with Crippen molar-refractivity contribution in [2.75, 3.05) is 7.05 Å². The highest BCUT2D eigenvalue weighted by Crippen LogP contribution is 2.24. The summed E-state index contributed by atoms with van der Waals surface area (Å²) in [5.74, 6) is 0. The van der Waals surface area contributed by atoms with Gasteiger partial charge in [0.25, 0.3) is 0 Å². The molecule has 0 spiro atoms. The van der Waals surface area contributed by atoms with E-state index in [1.54, 1.807) is 0 Å². The van der Waals surface area contributed by atoms with Crippen LogP contribution in [0.25, 0.3) is 0 Å². The standard InChI is InChI=1S/C13H18ClNO/c1-15(12-3-2-4-13(12)16)9-10-5-7-11(14)8-6-10/h5-8,12-13,16H,2-4,9H2,1H3/t12-,13-/m1/s1. The Morgan fingerprint density at radius 2 is 2.00 bits per heavy atom. The molecule has 1 aromatic rings. The molecule has 1 aliphatic rings. The van der Waals surface area contributed by atoms with Crippen molar-refractivity contribution in [1.82, 2.24) is 4.90 Å². The van der Waals surface area contributed by atoms with Crippen LogP contribution in [0, 0.1) is 0 Å². The third-order valence-corrected chi connectivity index (χ3v) is 3.61. The Hall–Kier alpha value is -0.570. The Kier molecular flexibility index (Phi) is 3.85. The normalized spacial score (nSPS) is 25.2. The summed E-state index contributed by atoms with van der Waals surface area (Å²) in [6.07, 6.45) is 3.02. The lowest BCUT2D eigenvalue weighted by Gasteiger charge is -2.26. The van der Waals surface area contributed by atoms with Gasteiger partial charge < -0.3 is 5.11 Å². The first-order chi connectivity index (χ1) is 7.66. The van der Waals surface area contributed by atoms with E-state index in [4.69, 9.17) is 11.6 Å². The van der Waals surface area contributed by atoms with Crippen LogP contribution in [-0.4, -0.2) is 29.2 Å². The van der Waals surface area contributed by atoms with Gasteiger partial charge in [0.2, 0.25) is 0 Å². The number of halogens is 1. The zero-order valence-corrected chi connectivity index (χ0v) is 10.3. The Bertz CT molecular complexity index is 338. The highest BCUT2D eigenvalue weighted by Gasteiger charge is 2.28. The predicted molar refractivity (Wildman–Crippen MR) is 66.6 cm³/mol. The molecular formula is C13H18ClNO. The van der Waals surface area contributed by atoms with Gasteiger partial charge in [0.15, 0.2) is 0 Å². The smallest absolute Gasteiger partial charge is 0.0695 e. The maximum atomic E-state index is 9.82. The van der Waals surface area contributed by atoms with Crippen LogP contribution in [0.4, 0.5) is 0 Å². The first-order valence-corrected chi connectivity index (χ1v) is 6.17. The fourth-order valence-electron chi connectivity index (χ4n) is 2.43. The SMILES string of the molecule is CN(Cc1ccc(Cl)cc1)[C@@H]1CCC[C@H]1O. The lowest BCUT2D eigenvalue weighted by Crippen LogP contribution is -2.36. The van der Waals surface area contributed by atoms with Crippen molar-refractivity contribution in [2.45, 2.75) is 38.0 Å². The van der Waals surface area contributed by atoms with E-state index in [1.807, 2.05) is 24.3 Å². The molecule has 2 nitrogen and oxygen atoms in total. The summed E-state index contributed by atoms with van der Waals surface area (Å²) in [5, 5.41) is 10.6. The first-order valence-electron chi connectivity index (χ1n) is 5.79. The van der Waals surface area contributed by atoms with Gasteiger partial charge in [0.1, 0.15) is 0 Å². The van der Waals surface area contributed by atoms with Gasteiger partial charge in [-0.3, -0.25) is 4.90 Å². The molecule has 1 saturated carbocycles. The minimum absolute atomic E-state index is 0.155. The van der Waals surface area contributed by atoms with Gasteiger partial charge in [-0.05, 0) is 44.0 Å². The van der Waals surface area contributed by atoms with Crippen molar-refractivity contribution >= 4 is 11.6 Å². The molecule has 1 N–H and O–H groups in total. The van der Waals surface area contributed by atoms with E-state index in [-0.39, 0.29) is 6.10 Å². The summed E-state index contributed by atoms with van der Waals surface area (Å²) in [6.45, 7) is 0.874. The van der Waals surface area contributed by atoms with Crippen molar-refractivity contribution in [3.05, 3.63) is 34.9 Å². The summed E-state index contributed by atoms with van der Waals surface area (Å²) < 4.78 is 0. The molecule has 0 bridgehead atoms. The van der Waals surface area contributed by atoms with E-state index in [1.165, 1.54) is 5.56 Å². The van der Waals surface area contributed by atoms with Crippen LogP contribution in [-0.2, 0) is 6.54 Å². The molecule has 0 radical (unpaired) electrons. The van der Waals surface area contributed by atoms with Crippen LogP contribution in [0.2, 0.25) is 5.02 Å². The van der Waals surface area contributed by atoms with Gasteiger partial charge in [-0.25, -0.2) is 0 Å². The van der Waals surface area contributed by atoms with Crippen LogP contribution in [0.15, 0.2) is 24.3 Å². The van der Waals surface area contributed by atoms with Crippen LogP contribution in [0.3, 0.4) is 0 Å². The monoisotopic (exact) mass is 239 g/mol. The number of likely N-dealkylation sites (N-methyl/N-ethyl adjacent to an activating group) is 1. The Morgan fingerprint density at radius 1 is 1.31 bits per heavy atom. The highest BCUT2D eigenvalue weighted by molar-refractivity contribution is 6.30. The second-order valence-electron chi connectivity index (χ2n) is 4.61. The van der Waals surface area contributed by atoms with Crippen LogP contribution < -0.4 is 0 Å². The van der Waals surface area contributed by atoms with Crippen molar-refractivity contribution in [2.24, 2.45) is 0 Å². The Morgan fingerprint density at radius 3 is 2.56 bits per heavy atom. The average molecular weight is 240 g/mol. The molecule has 1 aromatic carbocycles. The van der Waals surface area contributed by atoms with Gasteiger partial charge in [-0.2, -0.15) is 0 Å². The topological polar surface area (TPSA) is 23.5 Å². The molecule has 0 aromatic heterocycles. The zero-order chi connectivity index (χ0) is 11.5. The van der Waals surface area contributed by atoms with Crippen molar-refractivity contribution in [3.8, 4) is 0 Å². The fourth-order valence-corrected chi connectivity index (χ4v) is 2.56.